The van der Waals surface area contributed by atoms with Crippen LogP contribution in [0.15, 0.2) is 42.5 Å². The number of nitro groups is 1. The Morgan fingerprint density at radius 1 is 1.19 bits per heavy atom. The number of hydrogen-bond donors (Lipinski definition) is 1. The average Bonchev–Trinajstić information content (AvgIpc) is 2.45. The van der Waals surface area contributed by atoms with E-state index in [0.717, 1.165) is 11.1 Å². The van der Waals surface area contributed by atoms with Gasteiger partial charge in [0.05, 0.1) is 11.5 Å². The van der Waals surface area contributed by atoms with Crippen LogP contribution in [0.1, 0.15) is 16.7 Å². The average molecular weight is 286 g/mol. The Hall–Kier alpha value is -2.40. The first-order valence-corrected chi connectivity index (χ1v) is 6.66. The van der Waals surface area contributed by atoms with Crippen LogP contribution in [0.2, 0.25) is 0 Å². The first kappa shape index (κ1) is 15.0. The Labute approximate surface area is 123 Å². The molecule has 0 fully saturated rings. The van der Waals surface area contributed by atoms with E-state index < -0.39 is 0 Å². The van der Waals surface area contributed by atoms with Gasteiger partial charge in [0.1, 0.15) is 5.69 Å². The highest BCUT2D eigenvalue weighted by atomic mass is 16.6. The van der Waals surface area contributed by atoms with Crippen LogP contribution in [0.25, 0.3) is 0 Å². The van der Waals surface area contributed by atoms with Gasteiger partial charge < -0.3 is 10.1 Å². The van der Waals surface area contributed by atoms with Crippen LogP contribution in [-0.4, -0.2) is 12.0 Å². The molecule has 0 amide bonds. The van der Waals surface area contributed by atoms with Gasteiger partial charge in [-0.2, -0.15) is 0 Å². The summed E-state index contributed by atoms with van der Waals surface area (Å²) in [7, 11) is 1.65. The van der Waals surface area contributed by atoms with E-state index in [1.54, 1.807) is 26.2 Å². The van der Waals surface area contributed by atoms with Gasteiger partial charge in [-0.05, 0) is 24.1 Å². The third-order valence-electron chi connectivity index (χ3n) is 3.21. The fourth-order valence-corrected chi connectivity index (χ4v) is 2.24. The molecule has 0 aliphatic carbocycles. The van der Waals surface area contributed by atoms with Crippen molar-refractivity contribution >= 4 is 11.4 Å². The second kappa shape index (κ2) is 6.85. The van der Waals surface area contributed by atoms with Crippen LogP contribution in [0.4, 0.5) is 11.4 Å². The summed E-state index contributed by atoms with van der Waals surface area (Å²) < 4.78 is 5.10. The number of benzene rings is 2. The van der Waals surface area contributed by atoms with E-state index in [9.17, 15) is 10.1 Å². The molecule has 2 aromatic carbocycles. The van der Waals surface area contributed by atoms with Crippen LogP contribution < -0.4 is 5.32 Å². The number of rotatable bonds is 6. The first-order valence-electron chi connectivity index (χ1n) is 6.66. The smallest absolute Gasteiger partial charge is 0.295 e. The van der Waals surface area contributed by atoms with Crippen molar-refractivity contribution in [2.45, 2.75) is 20.1 Å². The predicted octanol–water partition coefficient (Wildman–Crippen LogP) is 3.66. The summed E-state index contributed by atoms with van der Waals surface area (Å²) in [5.74, 6) is 0. The fourth-order valence-electron chi connectivity index (χ4n) is 2.24. The number of ether oxygens (including phenoxy) is 1. The summed E-state index contributed by atoms with van der Waals surface area (Å²) in [6.07, 6.45) is 0. The number of nitrogens with zero attached hydrogens (tertiary/aromatic N) is 1. The Kier molecular flexibility index (Phi) is 4.90. The van der Waals surface area contributed by atoms with Crippen molar-refractivity contribution in [2.75, 3.05) is 12.4 Å². The molecule has 0 saturated heterocycles. The molecule has 5 heteroatoms. The van der Waals surface area contributed by atoms with E-state index >= 15 is 0 Å². The van der Waals surface area contributed by atoms with Crippen molar-refractivity contribution in [1.82, 2.24) is 0 Å². The predicted molar refractivity (Wildman–Crippen MR) is 82.3 cm³/mol. The van der Waals surface area contributed by atoms with Gasteiger partial charge >= 0.3 is 0 Å². The Bertz CT molecular complexity index is 641. The molecule has 0 aromatic heterocycles. The van der Waals surface area contributed by atoms with Gasteiger partial charge in [-0.1, -0.05) is 36.4 Å². The van der Waals surface area contributed by atoms with E-state index in [1.807, 2.05) is 30.3 Å². The third kappa shape index (κ3) is 3.79. The standard InChI is InChI=1S/C16H18N2O3/c1-12-5-3-8-15(16(12)18(19)20)17-10-13-6-4-7-14(9-13)11-21-2/h3-9,17H,10-11H2,1-2H3. The number of methoxy groups -OCH3 is 1. The molecule has 21 heavy (non-hydrogen) atoms. The zero-order valence-electron chi connectivity index (χ0n) is 12.1. The van der Waals surface area contributed by atoms with Gasteiger partial charge in [-0.25, -0.2) is 0 Å². The SMILES string of the molecule is COCc1cccc(CNc2cccc(C)c2[N+](=O)[O-])c1. The molecule has 0 aliphatic rings. The van der Waals surface area contributed by atoms with Gasteiger partial charge in [-0.15, -0.1) is 0 Å². The normalized spacial score (nSPS) is 10.4. The number of nitrogens with one attached hydrogen (secondary N) is 1. The summed E-state index contributed by atoms with van der Waals surface area (Å²) in [4.78, 5) is 10.8. The van der Waals surface area contributed by atoms with Crippen LogP contribution in [0, 0.1) is 17.0 Å². The second-order valence-electron chi connectivity index (χ2n) is 4.83. The molecule has 0 saturated carbocycles. The van der Waals surface area contributed by atoms with Crippen LogP contribution in [0.5, 0.6) is 0 Å². The Morgan fingerprint density at radius 3 is 2.62 bits per heavy atom. The molecule has 1 N–H and O–H groups in total. The molecule has 0 spiro atoms. The topological polar surface area (TPSA) is 64.4 Å². The minimum absolute atomic E-state index is 0.130. The molecule has 2 rings (SSSR count). The van der Waals surface area contributed by atoms with Gasteiger partial charge in [0, 0.05) is 19.2 Å². The molecule has 0 aliphatic heterocycles. The molecule has 0 bridgehead atoms. The van der Waals surface area contributed by atoms with Gasteiger partial charge in [-0.3, -0.25) is 10.1 Å². The highest BCUT2D eigenvalue weighted by Gasteiger charge is 2.16. The van der Waals surface area contributed by atoms with Crippen molar-refractivity contribution in [2.24, 2.45) is 0 Å². The zero-order chi connectivity index (χ0) is 15.2. The summed E-state index contributed by atoms with van der Waals surface area (Å²) in [5.41, 5.74) is 3.46. The minimum atomic E-state index is -0.348. The number of hydrogen-bond acceptors (Lipinski definition) is 4. The molecule has 2 aromatic rings. The first-order chi connectivity index (χ1) is 10.1. The summed E-state index contributed by atoms with van der Waals surface area (Å²) >= 11 is 0. The number of para-hydroxylation sites is 1. The molecule has 5 nitrogen and oxygen atoms in total. The van der Waals surface area contributed by atoms with Crippen molar-refractivity contribution in [3.63, 3.8) is 0 Å². The molecule has 0 heterocycles. The van der Waals surface area contributed by atoms with E-state index in [1.165, 1.54) is 0 Å². The monoisotopic (exact) mass is 286 g/mol. The van der Waals surface area contributed by atoms with Gasteiger partial charge in [0.25, 0.3) is 5.69 Å². The maximum Gasteiger partial charge on any atom is 0.295 e. The number of anilines is 1. The lowest BCUT2D eigenvalue weighted by Crippen LogP contribution is -2.04. The molecular formula is C16H18N2O3. The van der Waals surface area contributed by atoms with Crippen LogP contribution in [0.3, 0.4) is 0 Å². The third-order valence-corrected chi connectivity index (χ3v) is 3.21. The Morgan fingerprint density at radius 2 is 1.90 bits per heavy atom. The summed E-state index contributed by atoms with van der Waals surface area (Å²) in [6.45, 7) is 2.82. The van der Waals surface area contributed by atoms with Gasteiger partial charge in [0.2, 0.25) is 0 Å². The van der Waals surface area contributed by atoms with E-state index in [-0.39, 0.29) is 10.6 Å². The quantitative estimate of drug-likeness (QED) is 0.650. The largest absolute Gasteiger partial charge is 0.380 e. The van der Waals surface area contributed by atoms with Crippen molar-refractivity contribution in [3.8, 4) is 0 Å². The maximum atomic E-state index is 11.1. The lowest BCUT2D eigenvalue weighted by Gasteiger charge is -2.09. The van der Waals surface area contributed by atoms with E-state index in [4.69, 9.17) is 4.74 Å². The molecule has 0 atom stereocenters. The number of nitro benzene ring substituents is 1. The highest BCUT2D eigenvalue weighted by molar-refractivity contribution is 5.65. The van der Waals surface area contributed by atoms with E-state index in [2.05, 4.69) is 5.32 Å². The second-order valence-corrected chi connectivity index (χ2v) is 4.83. The van der Waals surface area contributed by atoms with Crippen molar-refractivity contribution < 1.29 is 9.66 Å². The van der Waals surface area contributed by atoms with Crippen molar-refractivity contribution in [1.29, 1.82) is 0 Å². The Balaban J connectivity index is 2.15. The zero-order valence-corrected chi connectivity index (χ0v) is 12.1. The minimum Gasteiger partial charge on any atom is -0.380 e. The molecule has 0 unspecified atom stereocenters. The summed E-state index contributed by atoms with van der Waals surface area (Å²) in [6, 6.07) is 13.2. The molecular weight excluding hydrogens is 268 g/mol. The van der Waals surface area contributed by atoms with Crippen LogP contribution in [-0.2, 0) is 17.9 Å². The summed E-state index contributed by atoms with van der Waals surface area (Å²) in [5, 5.41) is 14.3. The molecule has 0 radical (unpaired) electrons. The number of aryl methyl sites for hydroxylation is 1. The van der Waals surface area contributed by atoms with Crippen molar-refractivity contribution in [3.05, 3.63) is 69.3 Å². The lowest BCUT2D eigenvalue weighted by atomic mass is 10.1. The van der Waals surface area contributed by atoms with E-state index in [0.29, 0.717) is 24.4 Å². The fraction of sp³-hybridized carbons (Fsp3) is 0.250. The van der Waals surface area contributed by atoms with Crippen LogP contribution >= 0.6 is 0 Å². The molecule has 110 valence electrons. The highest BCUT2D eigenvalue weighted by Crippen LogP contribution is 2.28. The lowest BCUT2D eigenvalue weighted by molar-refractivity contribution is -0.384. The maximum absolute atomic E-state index is 11.1. The van der Waals surface area contributed by atoms with Gasteiger partial charge in [0.15, 0.2) is 0 Å².